The van der Waals surface area contributed by atoms with Gasteiger partial charge in [-0.05, 0) is 29.8 Å². The van der Waals surface area contributed by atoms with E-state index in [2.05, 4.69) is 5.32 Å². The monoisotopic (exact) mass is 312 g/mol. The van der Waals surface area contributed by atoms with E-state index in [4.69, 9.17) is 28.9 Å². The number of anilines is 1. The Morgan fingerprint density at radius 1 is 1.25 bits per heavy atom. The van der Waals surface area contributed by atoms with Crippen LogP contribution in [0.25, 0.3) is 0 Å². The second-order valence-corrected chi connectivity index (χ2v) is 4.93. The molecule has 104 valence electrons. The molecule has 0 atom stereocenters. The first-order valence-electron chi connectivity index (χ1n) is 5.75. The van der Waals surface area contributed by atoms with Crippen molar-refractivity contribution in [3.63, 3.8) is 0 Å². The van der Waals surface area contributed by atoms with E-state index in [0.29, 0.717) is 16.8 Å². The number of nitrogens with two attached hydrogens (primary N) is 1. The minimum absolute atomic E-state index is 0.0127. The molecule has 6 heteroatoms. The molecule has 2 aromatic rings. The fourth-order valence-corrected chi connectivity index (χ4v) is 2.07. The maximum Gasteiger partial charge on any atom is 0.253 e. The third-order valence-electron chi connectivity index (χ3n) is 2.71. The Balaban J connectivity index is 2.08. The van der Waals surface area contributed by atoms with Gasteiger partial charge in [-0.3, -0.25) is 4.79 Å². The van der Waals surface area contributed by atoms with Gasteiger partial charge in [-0.15, -0.1) is 0 Å². The van der Waals surface area contributed by atoms with Crippen molar-refractivity contribution >= 4 is 34.8 Å². The highest BCUT2D eigenvalue weighted by Gasteiger charge is 2.12. The zero-order chi connectivity index (χ0) is 14.7. The number of nitrogen functional groups attached to an aromatic ring is 1. The van der Waals surface area contributed by atoms with E-state index in [9.17, 15) is 9.18 Å². The van der Waals surface area contributed by atoms with Gasteiger partial charge >= 0.3 is 0 Å². The summed E-state index contributed by atoms with van der Waals surface area (Å²) in [4.78, 5) is 12.0. The van der Waals surface area contributed by atoms with E-state index in [0.717, 1.165) is 0 Å². The second kappa shape index (κ2) is 6.11. The molecule has 0 saturated heterocycles. The molecule has 2 aromatic carbocycles. The zero-order valence-electron chi connectivity index (χ0n) is 10.3. The van der Waals surface area contributed by atoms with E-state index >= 15 is 0 Å². The number of amides is 1. The second-order valence-electron chi connectivity index (χ2n) is 4.14. The normalized spacial score (nSPS) is 10.3. The number of nitrogens with one attached hydrogen (secondary N) is 1. The summed E-state index contributed by atoms with van der Waals surface area (Å²) in [6, 6.07) is 9.08. The Morgan fingerprint density at radius 3 is 2.70 bits per heavy atom. The average molecular weight is 313 g/mol. The molecule has 2 rings (SSSR count). The van der Waals surface area contributed by atoms with Crippen LogP contribution in [0.2, 0.25) is 10.0 Å². The highest BCUT2D eigenvalue weighted by atomic mass is 35.5. The predicted molar refractivity (Wildman–Crippen MR) is 78.4 cm³/mol. The minimum Gasteiger partial charge on any atom is -0.398 e. The van der Waals surface area contributed by atoms with Crippen LogP contribution >= 0.6 is 23.2 Å². The Hall–Kier alpha value is -1.78. The van der Waals surface area contributed by atoms with Crippen molar-refractivity contribution in [3.05, 3.63) is 63.4 Å². The van der Waals surface area contributed by atoms with Crippen LogP contribution in [0.4, 0.5) is 10.1 Å². The lowest BCUT2D eigenvalue weighted by molar-refractivity contribution is 0.0951. The fourth-order valence-electron chi connectivity index (χ4n) is 1.65. The highest BCUT2D eigenvalue weighted by molar-refractivity contribution is 6.36. The molecule has 3 N–H and O–H groups in total. The van der Waals surface area contributed by atoms with Crippen LogP contribution in [0.5, 0.6) is 0 Å². The van der Waals surface area contributed by atoms with Gasteiger partial charge in [-0.1, -0.05) is 35.3 Å². The summed E-state index contributed by atoms with van der Waals surface area (Å²) in [5.41, 5.74) is 6.94. The number of carbonyl (C=O) groups is 1. The van der Waals surface area contributed by atoms with Gasteiger partial charge in [-0.25, -0.2) is 4.39 Å². The largest absolute Gasteiger partial charge is 0.398 e. The maximum absolute atomic E-state index is 13.0. The predicted octanol–water partition coefficient (Wildman–Crippen LogP) is 3.64. The lowest BCUT2D eigenvalue weighted by atomic mass is 10.1. The molecule has 20 heavy (non-hydrogen) atoms. The number of halogens is 3. The van der Waals surface area contributed by atoms with Crippen LogP contribution in [-0.2, 0) is 6.54 Å². The number of benzene rings is 2. The van der Waals surface area contributed by atoms with E-state index in [1.807, 2.05) is 0 Å². The lowest BCUT2D eigenvalue weighted by Crippen LogP contribution is -2.23. The summed E-state index contributed by atoms with van der Waals surface area (Å²) in [5.74, 6) is -0.858. The Morgan fingerprint density at radius 2 is 2.00 bits per heavy atom. The maximum atomic E-state index is 13.0. The van der Waals surface area contributed by atoms with E-state index in [1.54, 1.807) is 24.3 Å². The van der Waals surface area contributed by atoms with Gasteiger partial charge in [0.05, 0.1) is 21.3 Å². The molecule has 0 bridgehead atoms. The summed E-state index contributed by atoms with van der Waals surface area (Å²) >= 11 is 11.6. The van der Waals surface area contributed by atoms with Crippen molar-refractivity contribution in [2.24, 2.45) is 0 Å². The van der Waals surface area contributed by atoms with Crippen molar-refractivity contribution in [3.8, 4) is 0 Å². The smallest absolute Gasteiger partial charge is 0.253 e. The van der Waals surface area contributed by atoms with Crippen LogP contribution in [0.3, 0.4) is 0 Å². The van der Waals surface area contributed by atoms with Crippen molar-refractivity contribution in [1.29, 1.82) is 0 Å². The molecular formula is C14H11Cl2FN2O. The van der Waals surface area contributed by atoms with Gasteiger partial charge in [0.2, 0.25) is 0 Å². The molecule has 1 amide bonds. The van der Waals surface area contributed by atoms with Crippen molar-refractivity contribution < 1.29 is 9.18 Å². The average Bonchev–Trinajstić information content (AvgIpc) is 2.43. The SMILES string of the molecule is Nc1cccc(C(=O)NCc2ccc(F)c(Cl)c2)c1Cl. The van der Waals surface area contributed by atoms with Crippen LogP contribution in [0.1, 0.15) is 15.9 Å². The number of rotatable bonds is 3. The summed E-state index contributed by atoms with van der Waals surface area (Å²) < 4.78 is 13.0. The van der Waals surface area contributed by atoms with Crippen LogP contribution in [0, 0.1) is 5.82 Å². The highest BCUT2D eigenvalue weighted by Crippen LogP contribution is 2.23. The minimum atomic E-state index is -0.499. The number of carbonyl (C=O) groups excluding carboxylic acids is 1. The molecule has 0 fully saturated rings. The van der Waals surface area contributed by atoms with Gasteiger partial charge in [0.1, 0.15) is 5.82 Å². The summed E-state index contributed by atoms with van der Waals surface area (Å²) in [7, 11) is 0. The molecule has 3 nitrogen and oxygen atoms in total. The molecule has 0 saturated carbocycles. The van der Waals surface area contributed by atoms with Gasteiger partial charge in [0, 0.05) is 6.54 Å². The van der Waals surface area contributed by atoms with Crippen LogP contribution in [0.15, 0.2) is 36.4 Å². The Kier molecular flexibility index (Phi) is 4.47. The zero-order valence-corrected chi connectivity index (χ0v) is 11.8. The van der Waals surface area contributed by atoms with Crippen molar-refractivity contribution in [2.75, 3.05) is 5.73 Å². The molecular weight excluding hydrogens is 302 g/mol. The Bertz CT molecular complexity index is 662. The van der Waals surface area contributed by atoms with Gasteiger partial charge < -0.3 is 11.1 Å². The number of hydrogen-bond acceptors (Lipinski definition) is 2. The van der Waals surface area contributed by atoms with Crippen molar-refractivity contribution in [2.45, 2.75) is 6.54 Å². The Labute approximate surface area is 125 Å². The van der Waals surface area contributed by atoms with E-state index < -0.39 is 5.82 Å². The van der Waals surface area contributed by atoms with Gasteiger partial charge in [0.15, 0.2) is 0 Å². The van der Waals surface area contributed by atoms with Crippen molar-refractivity contribution in [1.82, 2.24) is 5.32 Å². The first-order chi connectivity index (χ1) is 9.49. The summed E-state index contributed by atoms with van der Waals surface area (Å²) in [6.07, 6.45) is 0. The summed E-state index contributed by atoms with van der Waals surface area (Å²) in [5, 5.41) is 2.89. The fraction of sp³-hybridized carbons (Fsp3) is 0.0714. The molecule has 0 aliphatic carbocycles. The first-order valence-corrected chi connectivity index (χ1v) is 6.50. The molecule has 0 radical (unpaired) electrons. The molecule has 0 aliphatic rings. The number of hydrogen-bond donors (Lipinski definition) is 2. The lowest BCUT2D eigenvalue weighted by Gasteiger charge is -2.08. The molecule has 0 aliphatic heterocycles. The van der Waals surface area contributed by atoms with E-state index in [-0.39, 0.29) is 22.5 Å². The summed E-state index contributed by atoms with van der Waals surface area (Å²) in [6.45, 7) is 0.212. The van der Waals surface area contributed by atoms with Gasteiger partial charge in [-0.2, -0.15) is 0 Å². The first kappa shape index (κ1) is 14.6. The third kappa shape index (κ3) is 3.21. The van der Waals surface area contributed by atoms with Crippen LogP contribution < -0.4 is 11.1 Å². The molecule has 0 aromatic heterocycles. The van der Waals surface area contributed by atoms with E-state index in [1.165, 1.54) is 12.1 Å². The third-order valence-corrected chi connectivity index (χ3v) is 3.42. The topological polar surface area (TPSA) is 55.1 Å². The molecule has 0 unspecified atom stereocenters. The quantitative estimate of drug-likeness (QED) is 0.850. The van der Waals surface area contributed by atoms with Gasteiger partial charge in [0.25, 0.3) is 5.91 Å². The molecule has 0 heterocycles. The van der Waals surface area contributed by atoms with Crippen LogP contribution in [-0.4, -0.2) is 5.91 Å². The molecule has 0 spiro atoms. The standard InChI is InChI=1S/C14H11Cl2FN2O/c15-10-6-8(4-5-11(10)17)7-19-14(20)9-2-1-3-12(18)13(9)16/h1-6H,7,18H2,(H,19,20).